The van der Waals surface area contributed by atoms with Gasteiger partial charge in [0, 0.05) is 10.7 Å². The number of anilines is 1. The van der Waals surface area contributed by atoms with Crippen molar-refractivity contribution in [1.29, 1.82) is 0 Å². The van der Waals surface area contributed by atoms with Gasteiger partial charge in [-0.3, -0.25) is 4.79 Å². The molecule has 0 atom stereocenters. The van der Waals surface area contributed by atoms with Gasteiger partial charge in [-0.1, -0.05) is 37.1 Å². The zero-order valence-electron chi connectivity index (χ0n) is 19.0. The SMILES string of the molecule is CCCCc1ccc(-n2nc3ccc(NC(=O)C(C)(C)Oc4ccc(Cl)cc4)cc3n2)cc1. The average molecular weight is 463 g/mol. The number of benzene rings is 3. The molecule has 6 nitrogen and oxygen atoms in total. The smallest absolute Gasteiger partial charge is 0.267 e. The largest absolute Gasteiger partial charge is 0.478 e. The van der Waals surface area contributed by atoms with Crippen molar-refractivity contribution >= 4 is 34.2 Å². The second-order valence-electron chi connectivity index (χ2n) is 8.48. The molecule has 0 aliphatic heterocycles. The number of rotatable bonds is 8. The van der Waals surface area contributed by atoms with E-state index >= 15 is 0 Å². The number of carbonyl (C=O) groups excluding carboxylic acids is 1. The standard InChI is InChI=1S/C26H27ClN4O2/c1-4-5-6-18-7-12-21(13-8-18)31-29-23-16-11-20(17-24(23)30-31)28-25(32)26(2,3)33-22-14-9-19(27)10-15-22/h7-17H,4-6H2,1-3H3,(H,28,32). The highest BCUT2D eigenvalue weighted by Gasteiger charge is 2.30. The molecule has 0 aliphatic rings. The number of unbranched alkanes of at least 4 members (excludes halogenated alkanes) is 1. The lowest BCUT2D eigenvalue weighted by Gasteiger charge is -2.25. The second kappa shape index (κ2) is 9.63. The molecule has 0 spiro atoms. The Morgan fingerprint density at radius 3 is 2.39 bits per heavy atom. The Kier molecular flexibility index (Phi) is 6.65. The van der Waals surface area contributed by atoms with Crippen LogP contribution in [0, 0.1) is 0 Å². The number of aromatic nitrogens is 3. The Balaban J connectivity index is 1.47. The quantitative estimate of drug-likeness (QED) is 0.338. The molecule has 7 heteroatoms. The molecule has 33 heavy (non-hydrogen) atoms. The van der Waals surface area contributed by atoms with Crippen molar-refractivity contribution in [2.24, 2.45) is 0 Å². The number of hydrogen-bond acceptors (Lipinski definition) is 4. The van der Waals surface area contributed by atoms with Crippen molar-refractivity contribution in [3.8, 4) is 11.4 Å². The number of aryl methyl sites for hydroxylation is 1. The summed E-state index contributed by atoms with van der Waals surface area (Å²) in [6.45, 7) is 5.63. The summed E-state index contributed by atoms with van der Waals surface area (Å²) in [4.78, 5) is 14.5. The summed E-state index contributed by atoms with van der Waals surface area (Å²) in [7, 11) is 0. The predicted molar refractivity (Wildman–Crippen MR) is 132 cm³/mol. The third-order valence-electron chi connectivity index (χ3n) is 5.36. The van der Waals surface area contributed by atoms with Gasteiger partial charge < -0.3 is 10.1 Å². The molecular weight excluding hydrogens is 436 g/mol. The van der Waals surface area contributed by atoms with E-state index in [4.69, 9.17) is 16.3 Å². The lowest BCUT2D eigenvalue weighted by molar-refractivity contribution is -0.128. The van der Waals surface area contributed by atoms with Crippen LogP contribution >= 0.6 is 11.6 Å². The molecule has 1 aromatic heterocycles. The summed E-state index contributed by atoms with van der Waals surface area (Å²) in [6.07, 6.45) is 3.43. The summed E-state index contributed by atoms with van der Waals surface area (Å²) >= 11 is 5.92. The minimum absolute atomic E-state index is 0.271. The topological polar surface area (TPSA) is 69.0 Å². The number of ether oxygens (including phenoxy) is 1. The highest BCUT2D eigenvalue weighted by molar-refractivity contribution is 6.30. The molecule has 0 aliphatic carbocycles. The molecule has 0 saturated heterocycles. The highest BCUT2D eigenvalue weighted by Crippen LogP contribution is 2.23. The van der Waals surface area contributed by atoms with E-state index in [0.717, 1.165) is 17.6 Å². The van der Waals surface area contributed by atoms with E-state index in [1.807, 2.05) is 30.3 Å². The van der Waals surface area contributed by atoms with Gasteiger partial charge in [0.25, 0.3) is 5.91 Å². The Morgan fingerprint density at radius 2 is 1.70 bits per heavy atom. The van der Waals surface area contributed by atoms with Crippen molar-refractivity contribution in [2.75, 3.05) is 5.32 Å². The minimum atomic E-state index is -1.08. The summed E-state index contributed by atoms with van der Waals surface area (Å²) in [5.41, 5.74) is 3.20. The van der Waals surface area contributed by atoms with Crippen molar-refractivity contribution in [2.45, 2.75) is 45.6 Å². The number of nitrogens with one attached hydrogen (secondary N) is 1. The van der Waals surface area contributed by atoms with Gasteiger partial charge in [0.1, 0.15) is 16.8 Å². The van der Waals surface area contributed by atoms with Crippen LogP contribution in [-0.2, 0) is 11.2 Å². The van der Waals surface area contributed by atoms with Crippen LogP contribution in [0.1, 0.15) is 39.2 Å². The molecule has 0 unspecified atom stereocenters. The van der Waals surface area contributed by atoms with E-state index in [9.17, 15) is 4.79 Å². The first kappa shape index (κ1) is 22.8. The zero-order chi connectivity index (χ0) is 23.4. The van der Waals surface area contributed by atoms with Crippen molar-refractivity contribution in [3.05, 3.63) is 77.3 Å². The van der Waals surface area contributed by atoms with Crippen LogP contribution in [0.2, 0.25) is 5.02 Å². The molecule has 3 aromatic carbocycles. The molecule has 0 radical (unpaired) electrons. The maximum absolute atomic E-state index is 12.9. The van der Waals surface area contributed by atoms with E-state index in [1.54, 1.807) is 42.9 Å². The van der Waals surface area contributed by atoms with Crippen molar-refractivity contribution in [1.82, 2.24) is 15.0 Å². The van der Waals surface area contributed by atoms with Gasteiger partial charge in [0.15, 0.2) is 5.60 Å². The lowest BCUT2D eigenvalue weighted by atomic mass is 10.1. The van der Waals surface area contributed by atoms with E-state index in [1.165, 1.54) is 18.4 Å². The van der Waals surface area contributed by atoms with E-state index < -0.39 is 5.60 Å². The molecule has 4 aromatic rings. The Labute approximate surface area is 198 Å². The number of fused-ring (bicyclic) bond motifs is 1. The fourth-order valence-corrected chi connectivity index (χ4v) is 3.54. The van der Waals surface area contributed by atoms with Crippen LogP contribution in [0.5, 0.6) is 5.75 Å². The van der Waals surface area contributed by atoms with Crippen LogP contribution in [0.15, 0.2) is 66.7 Å². The van der Waals surface area contributed by atoms with E-state index in [2.05, 4.69) is 34.6 Å². The summed E-state index contributed by atoms with van der Waals surface area (Å²) in [5.74, 6) is 0.297. The molecule has 4 rings (SSSR count). The van der Waals surface area contributed by atoms with Gasteiger partial charge in [-0.2, -0.15) is 4.80 Å². The zero-order valence-corrected chi connectivity index (χ0v) is 19.8. The minimum Gasteiger partial charge on any atom is -0.478 e. The third kappa shape index (κ3) is 5.52. The first-order valence-corrected chi connectivity index (χ1v) is 11.4. The van der Waals surface area contributed by atoms with E-state index in [-0.39, 0.29) is 5.91 Å². The molecule has 1 heterocycles. The number of halogens is 1. The number of nitrogens with zero attached hydrogens (tertiary/aromatic N) is 3. The number of carbonyl (C=O) groups is 1. The normalized spacial score (nSPS) is 11.5. The van der Waals surface area contributed by atoms with Gasteiger partial charge in [0.05, 0.1) is 5.69 Å². The van der Waals surface area contributed by atoms with E-state index in [0.29, 0.717) is 22.0 Å². The van der Waals surface area contributed by atoms with Crippen LogP contribution in [0.3, 0.4) is 0 Å². The van der Waals surface area contributed by atoms with Gasteiger partial charge in [0.2, 0.25) is 0 Å². The van der Waals surface area contributed by atoms with Gasteiger partial charge in [-0.15, -0.1) is 10.2 Å². The Bertz CT molecular complexity index is 1250. The average Bonchev–Trinajstić information content (AvgIpc) is 3.23. The molecule has 0 fully saturated rings. The summed E-state index contributed by atoms with van der Waals surface area (Å²) in [5, 5.41) is 12.7. The Morgan fingerprint density at radius 1 is 1.00 bits per heavy atom. The third-order valence-corrected chi connectivity index (χ3v) is 5.61. The maximum atomic E-state index is 12.9. The van der Waals surface area contributed by atoms with Gasteiger partial charge in [-0.25, -0.2) is 0 Å². The first-order chi connectivity index (χ1) is 15.8. The van der Waals surface area contributed by atoms with Crippen LogP contribution in [0.4, 0.5) is 5.69 Å². The number of hydrogen-bond donors (Lipinski definition) is 1. The fraction of sp³-hybridized carbons (Fsp3) is 0.269. The monoisotopic (exact) mass is 462 g/mol. The molecule has 1 N–H and O–H groups in total. The van der Waals surface area contributed by atoms with Gasteiger partial charge in [-0.05, 0) is 86.8 Å². The molecule has 0 saturated carbocycles. The van der Waals surface area contributed by atoms with Crippen LogP contribution in [-0.4, -0.2) is 26.5 Å². The van der Waals surface area contributed by atoms with Crippen molar-refractivity contribution < 1.29 is 9.53 Å². The predicted octanol–water partition coefficient (Wildman–Crippen LogP) is 6.21. The van der Waals surface area contributed by atoms with Gasteiger partial charge >= 0.3 is 0 Å². The molecular formula is C26H27ClN4O2. The fourth-order valence-electron chi connectivity index (χ4n) is 3.41. The van der Waals surface area contributed by atoms with Crippen LogP contribution < -0.4 is 10.1 Å². The first-order valence-electron chi connectivity index (χ1n) is 11.1. The lowest BCUT2D eigenvalue weighted by Crippen LogP contribution is -2.42. The van der Waals surface area contributed by atoms with Crippen LogP contribution in [0.25, 0.3) is 16.7 Å². The summed E-state index contributed by atoms with van der Waals surface area (Å²) < 4.78 is 5.87. The maximum Gasteiger partial charge on any atom is 0.267 e. The summed E-state index contributed by atoms with van der Waals surface area (Å²) in [6, 6.07) is 20.7. The molecule has 1 amide bonds. The highest BCUT2D eigenvalue weighted by atomic mass is 35.5. The second-order valence-corrected chi connectivity index (χ2v) is 8.92. The molecule has 0 bridgehead atoms. The number of amides is 1. The molecule has 170 valence electrons. The van der Waals surface area contributed by atoms with Crippen molar-refractivity contribution in [3.63, 3.8) is 0 Å². The Hall–Kier alpha value is -3.38.